The van der Waals surface area contributed by atoms with Crippen molar-refractivity contribution in [3.63, 3.8) is 0 Å². The van der Waals surface area contributed by atoms with E-state index in [9.17, 15) is 9.59 Å². The smallest absolute Gasteiger partial charge is 0.248 e. The van der Waals surface area contributed by atoms with E-state index < -0.39 is 5.91 Å². The minimum absolute atomic E-state index is 0.00169. The monoisotopic (exact) mass is 381 g/mol. The number of anilines is 1. The van der Waals surface area contributed by atoms with Crippen LogP contribution in [0.1, 0.15) is 35.7 Å². The standard InChI is InChI=1S/C22H27N3O3/c1-2-28-20-5-3-4-16(14-20)15-25-12-10-18(11-13-25)22(27)24-19-8-6-17(7-9-19)21(23)26/h3-9,14,18H,2,10-13,15H2,1H3,(H2,23,26)(H,24,27). The summed E-state index contributed by atoms with van der Waals surface area (Å²) in [5, 5.41) is 2.94. The average molecular weight is 381 g/mol. The van der Waals surface area contributed by atoms with Gasteiger partial charge in [0.15, 0.2) is 0 Å². The number of likely N-dealkylation sites (tertiary alicyclic amines) is 1. The van der Waals surface area contributed by atoms with E-state index in [1.807, 2.05) is 19.1 Å². The van der Waals surface area contributed by atoms with Crippen LogP contribution >= 0.6 is 0 Å². The Bertz CT molecular complexity index is 812. The molecule has 0 spiro atoms. The highest BCUT2D eigenvalue weighted by Crippen LogP contribution is 2.22. The van der Waals surface area contributed by atoms with Crippen LogP contribution in [0.3, 0.4) is 0 Å². The van der Waals surface area contributed by atoms with Crippen LogP contribution in [0, 0.1) is 5.92 Å². The maximum Gasteiger partial charge on any atom is 0.248 e. The molecule has 0 unspecified atom stereocenters. The van der Waals surface area contributed by atoms with E-state index in [4.69, 9.17) is 10.5 Å². The highest BCUT2D eigenvalue weighted by molar-refractivity contribution is 5.95. The summed E-state index contributed by atoms with van der Waals surface area (Å²) in [4.78, 5) is 26.0. The summed E-state index contributed by atoms with van der Waals surface area (Å²) in [6.45, 7) is 5.28. The number of rotatable bonds is 7. The average Bonchev–Trinajstić information content (AvgIpc) is 2.69. The number of nitrogens with one attached hydrogen (secondary N) is 1. The van der Waals surface area contributed by atoms with E-state index in [0.717, 1.165) is 38.2 Å². The molecule has 0 aromatic heterocycles. The molecule has 1 aliphatic rings. The number of benzene rings is 2. The quantitative estimate of drug-likeness (QED) is 0.772. The molecule has 6 nitrogen and oxygen atoms in total. The third-order valence-electron chi connectivity index (χ3n) is 5.01. The van der Waals surface area contributed by atoms with Gasteiger partial charge in [-0.1, -0.05) is 12.1 Å². The second-order valence-electron chi connectivity index (χ2n) is 7.06. The lowest BCUT2D eigenvalue weighted by molar-refractivity contribution is -0.121. The first kappa shape index (κ1) is 19.9. The van der Waals surface area contributed by atoms with Crippen molar-refractivity contribution in [2.24, 2.45) is 11.7 Å². The third-order valence-corrected chi connectivity index (χ3v) is 5.01. The van der Waals surface area contributed by atoms with Crippen molar-refractivity contribution >= 4 is 17.5 Å². The molecule has 2 amide bonds. The number of piperidine rings is 1. The lowest BCUT2D eigenvalue weighted by atomic mass is 9.95. The summed E-state index contributed by atoms with van der Waals surface area (Å²) in [5.74, 6) is 0.459. The lowest BCUT2D eigenvalue weighted by Crippen LogP contribution is -2.37. The summed E-state index contributed by atoms with van der Waals surface area (Å²) in [7, 11) is 0. The summed E-state index contributed by atoms with van der Waals surface area (Å²) in [6.07, 6.45) is 1.66. The maximum absolute atomic E-state index is 12.5. The molecule has 1 saturated heterocycles. The van der Waals surface area contributed by atoms with Crippen molar-refractivity contribution < 1.29 is 14.3 Å². The fraction of sp³-hybridized carbons (Fsp3) is 0.364. The zero-order valence-corrected chi connectivity index (χ0v) is 16.2. The lowest BCUT2D eigenvalue weighted by Gasteiger charge is -2.31. The zero-order valence-electron chi connectivity index (χ0n) is 16.2. The Labute approximate surface area is 165 Å². The number of nitrogens with zero attached hydrogens (tertiary/aromatic N) is 1. The van der Waals surface area contributed by atoms with Gasteiger partial charge in [-0.3, -0.25) is 14.5 Å². The van der Waals surface area contributed by atoms with Gasteiger partial charge in [0, 0.05) is 23.7 Å². The summed E-state index contributed by atoms with van der Waals surface area (Å²) >= 11 is 0. The van der Waals surface area contributed by atoms with Crippen molar-refractivity contribution in [1.82, 2.24) is 4.90 Å². The first-order valence-electron chi connectivity index (χ1n) is 9.70. The second kappa shape index (κ2) is 9.37. The van der Waals surface area contributed by atoms with Gasteiger partial charge in [-0.15, -0.1) is 0 Å². The normalized spacial score (nSPS) is 15.2. The highest BCUT2D eigenvalue weighted by Gasteiger charge is 2.25. The molecule has 0 bridgehead atoms. The predicted molar refractivity (Wildman–Crippen MR) is 109 cm³/mol. The number of nitrogens with two attached hydrogens (primary N) is 1. The Morgan fingerprint density at radius 1 is 1.14 bits per heavy atom. The van der Waals surface area contributed by atoms with E-state index in [0.29, 0.717) is 17.9 Å². The largest absolute Gasteiger partial charge is 0.494 e. The molecule has 6 heteroatoms. The number of amides is 2. The zero-order chi connectivity index (χ0) is 19.9. The van der Waals surface area contributed by atoms with Crippen LogP contribution in [0.4, 0.5) is 5.69 Å². The van der Waals surface area contributed by atoms with Gasteiger partial charge in [0.2, 0.25) is 11.8 Å². The van der Waals surface area contributed by atoms with Crippen LogP contribution in [0.15, 0.2) is 48.5 Å². The molecule has 3 N–H and O–H groups in total. The minimum atomic E-state index is -0.475. The van der Waals surface area contributed by atoms with Crippen LogP contribution in [-0.4, -0.2) is 36.4 Å². The van der Waals surface area contributed by atoms with Gasteiger partial charge in [-0.2, -0.15) is 0 Å². The number of ether oxygens (including phenoxy) is 1. The molecule has 148 valence electrons. The fourth-order valence-electron chi connectivity index (χ4n) is 3.47. The Morgan fingerprint density at radius 3 is 2.50 bits per heavy atom. The first-order valence-corrected chi connectivity index (χ1v) is 9.70. The van der Waals surface area contributed by atoms with Gasteiger partial charge in [-0.05, 0) is 74.8 Å². The van der Waals surface area contributed by atoms with Crippen LogP contribution in [0.5, 0.6) is 5.75 Å². The summed E-state index contributed by atoms with van der Waals surface area (Å²) < 4.78 is 5.56. The van der Waals surface area contributed by atoms with E-state index in [-0.39, 0.29) is 11.8 Å². The number of hydrogen-bond acceptors (Lipinski definition) is 4. The van der Waals surface area contributed by atoms with Gasteiger partial charge >= 0.3 is 0 Å². The Morgan fingerprint density at radius 2 is 1.86 bits per heavy atom. The van der Waals surface area contributed by atoms with Crippen LogP contribution < -0.4 is 15.8 Å². The van der Waals surface area contributed by atoms with Gasteiger partial charge in [0.1, 0.15) is 5.75 Å². The number of carbonyl (C=O) groups is 2. The molecule has 2 aromatic rings. The third kappa shape index (κ3) is 5.33. The first-order chi connectivity index (χ1) is 13.5. The van der Waals surface area contributed by atoms with Crippen LogP contribution in [0.25, 0.3) is 0 Å². The van der Waals surface area contributed by atoms with Crippen LogP contribution in [0.2, 0.25) is 0 Å². The van der Waals surface area contributed by atoms with E-state index in [2.05, 4.69) is 22.3 Å². The van der Waals surface area contributed by atoms with Crippen molar-refractivity contribution in [3.05, 3.63) is 59.7 Å². The van der Waals surface area contributed by atoms with Gasteiger partial charge in [0.05, 0.1) is 6.61 Å². The molecule has 1 aliphatic heterocycles. The van der Waals surface area contributed by atoms with Gasteiger partial charge in [-0.25, -0.2) is 0 Å². The molecule has 1 fully saturated rings. The minimum Gasteiger partial charge on any atom is -0.494 e. The van der Waals surface area contributed by atoms with E-state index in [1.54, 1.807) is 24.3 Å². The van der Waals surface area contributed by atoms with Crippen molar-refractivity contribution in [2.45, 2.75) is 26.3 Å². The van der Waals surface area contributed by atoms with Crippen molar-refractivity contribution in [1.29, 1.82) is 0 Å². The van der Waals surface area contributed by atoms with E-state index >= 15 is 0 Å². The molecule has 0 radical (unpaired) electrons. The van der Waals surface area contributed by atoms with Crippen LogP contribution in [-0.2, 0) is 11.3 Å². The summed E-state index contributed by atoms with van der Waals surface area (Å²) in [6, 6.07) is 14.8. The van der Waals surface area contributed by atoms with Gasteiger partial charge < -0.3 is 15.8 Å². The Hall–Kier alpha value is -2.86. The predicted octanol–water partition coefficient (Wildman–Crippen LogP) is 3.03. The second-order valence-corrected chi connectivity index (χ2v) is 7.06. The Kier molecular flexibility index (Phi) is 6.66. The Balaban J connectivity index is 1.48. The van der Waals surface area contributed by atoms with Crippen molar-refractivity contribution in [2.75, 3.05) is 25.0 Å². The molecular weight excluding hydrogens is 354 g/mol. The fourth-order valence-corrected chi connectivity index (χ4v) is 3.47. The highest BCUT2D eigenvalue weighted by atomic mass is 16.5. The van der Waals surface area contributed by atoms with E-state index in [1.165, 1.54) is 5.56 Å². The molecule has 0 saturated carbocycles. The van der Waals surface area contributed by atoms with Gasteiger partial charge in [0.25, 0.3) is 0 Å². The number of primary amides is 1. The molecular formula is C22H27N3O3. The SMILES string of the molecule is CCOc1cccc(CN2CCC(C(=O)Nc3ccc(C(N)=O)cc3)CC2)c1. The maximum atomic E-state index is 12.5. The number of hydrogen-bond donors (Lipinski definition) is 2. The topological polar surface area (TPSA) is 84.7 Å². The summed E-state index contributed by atoms with van der Waals surface area (Å²) in [5.41, 5.74) is 7.58. The molecule has 1 heterocycles. The molecule has 0 atom stereocenters. The molecule has 3 rings (SSSR count). The molecule has 2 aromatic carbocycles. The number of carbonyl (C=O) groups excluding carboxylic acids is 2. The molecule has 0 aliphatic carbocycles. The molecule has 28 heavy (non-hydrogen) atoms. The van der Waals surface area contributed by atoms with Crippen molar-refractivity contribution in [3.8, 4) is 5.75 Å².